The van der Waals surface area contributed by atoms with Crippen molar-refractivity contribution in [1.82, 2.24) is 10.6 Å². The number of rotatable bonds is 7. The summed E-state index contributed by atoms with van der Waals surface area (Å²) in [6.07, 6.45) is 4.80. The quantitative estimate of drug-likeness (QED) is 0.536. The molecule has 0 heterocycles. The molecule has 0 aromatic heterocycles. The van der Waals surface area contributed by atoms with Gasteiger partial charge in [-0.2, -0.15) is 0 Å². The number of urea groups is 1. The minimum absolute atomic E-state index is 0.0533. The largest absolute Gasteiger partial charge is 0.354 e. The molecular weight excluding hydrogens is 363 g/mol. The first-order valence-electron chi connectivity index (χ1n) is 9.80. The SMILES string of the molecule is CC(C)C(=O)NCCNC(=O)Nc1ccc(F)c(NC(=O)C2CCCCC2)c1. The summed E-state index contributed by atoms with van der Waals surface area (Å²) in [5, 5.41) is 10.5. The molecule has 8 heteroatoms. The fraction of sp³-hybridized carbons (Fsp3) is 0.550. The Morgan fingerprint density at radius 2 is 1.71 bits per heavy atom. The molecule has 1 aliphatic rings. The van der Waals surface area contributed by atoms with E-state index in [0.29, 0.717) is 12.2 Å². The molecule has 0 unspecified atom stereocenters. The lowest BCUT2D eigenvalue weighted by Crippen LogP contribution is -2.38. The summed E-state index contributed by atoms with van der Waals surface area (Å²) in [4.78, 5) is 35.7. The van der Waals surface area contributed by atoms with Gasteiger partial charge in [-0.3, -0.25) is 9.59 Å². The predicted octanol–water partition coefficient (Wildman–Crippen LogP) is 3.24. The molecule has 0 atom stereocenters. The third kappa shape index (κ3) is 6.83. The molecule has 154 valence electrons. The molecule has 0 spiro atoms. The lowest BCUT2D eigenvalue weighted by atomic mass is 9.88. The number of hydrogen-bond acceptors (Lipinski definition) is 3. The van der Waals surface area contributed by atoms with E-state index in [9.17, 15) is 18.8 Å². The Labute approximate surface area is 164 Å². The van der Waals surface area contributed by atoms with Crippen LogP contribution in [0.2, 0.25) is 0 Å². The topological polar surface area (TPSA) is 99.3 Å². The highest BCUT2D eigenvalue weighted by Crippen LogP contribution is 2.26. The highest BCUT2D eigenvalue weighted by atomic mass is 19.1. The van der Waals surface area contributed by atoms with Crippen molar-refractivity contribution in [3.8, 4) is 0 Å². The molecule has 0 aliphatic heterocycles. The summed E-state index contributed by atoms with van der Waals surface area (Å²) in [6.45, 7) is 4.15. The molecule has 2 rings (SSSR count). The van der Waals surface area contributed by atoms with Gasteiger partial charge in [0, 0.05) is 30.6 Å². The van der Waals surface area contributed by atoms with E-state index in [1.54, 1.807) is 13.8 Å². The van der Waals surface area contributed by atoms with Crippen molar-refractivity contribution in [1.29, 1.82) is 0 Å². The number of halogens is 1. The summed E-state index contributed by atoms with van der Waals surface area (Å²) >= 11 is 0. The fourth-order valence-corrected chi connectivity index (χ4v) is 3.04. The fourth-order valence-electron chi connectivity index (χ4n) is 3.04. The molecule has 0 saturated heterocycles. The molecule has 1 aliphatic carbocycles. The number of anilines is 2. The Morgan fingerprint density at radius 1 is 1.04 bits per heavy atom. The van der Waals surface area contributed by atoms with Crippen LogP contribution in [0.25, 0.3) is 0 Å². The van der Waals surface area contributed by atoms with Crippen molar-refractivity contribution in [2.75, 3.05) is 23.7 Å². The van der Waals surface area contributed by atoms with E-state index in [1.165, 1.54) is 18.2 Å². The van der Waals surface area contributed by atoms with Crippen molar-refractivity contribution >= 4 is 29.2 Å². The maximum Gasteiger partial charge on any atom is 0.319 e. The van der Waals surface area contributed by atoms with Gasteiger partial charge in [-0.05, 0) is 31.0 Å². The second-order valence-corrected chi connectivity index (χ2v) is 7.35. The lowest BCUT2D eigenvalue weighted by molar-refractivity contribution is -0.124. The van der Waals surface area contributed by atoms with Crippen molar-refractivity contribution in [3.05, 3.63) is 24.0 Å². The molecule has 28 heavy (non-hydrogen) atoms. The van der Waals surface area contributed by atoms with E-state index in [0.717, 1.165) is 32.1 Å². The van der Waals surface area contributed by atoms with Crippen LogP contribution in [0.4, 0.5) is 20.6 Å². The number of carbonyl (C=O) groups is 3. The number of nitrogens with one attached hydrogen (secondary N) is 4. The van der Waals surface area contributed by atoms with Crippen molar-refractivity contribution in [3.63, 3.8) is 0 Å². The van der Waals surface area contributed by atoms with E-state index < -0.39 is 11.8 Å². The van der Waals surface area contributed by atoms with Crippen LogP contribution >= 0.6 is 0 Å². The Hall–Kier alpha value is -2.64. The average molecular weight is 392 g/mol. The summed E-state index contributed by atoms with van der Waals surface area (Å²) in [6, 6.07) is 3.55. The first-order valence-corrected chi connectivity index (χ1v) is 9.80. The molecule has 4 N–H and O–H groups in total. The molecule has 0 radical (unpaired) electrons. The lowest BCUT2D eigenvalue weighted by Gasteiger charge is -2.21. The number of carbonyl (C=O) groups excluding carboxylic acids is 3. The second kappa shape index (κ2) is 10.6. The van der Waals surface area contributed by atoms with Crippen molar-refractivity contribution < 1.29 is 18.8 Å². The number of amides is 4. The first-order chi connectivity index (χ1) is 13.4. The molecule has 1 saturated carbocycles. The van der Waals surface area contributed by atoms with E-state index in [1.807, 2.05) is 0 Å². The van der Waals surface area contributed by atoms with E-state index >= 15 is 0 Å². The van der Waals surface area contributed by atoms with Crippen LogP contribution in [-0.2, 0) is 9.59 Å². The van der Waals surface area contributed by atoms with Gasteiger partial charge in [0.1, 0.15) is 5.82 Å². The molecule has 4 amide bonds. The smallest absolute Gasteiger partial charge is 0.319 e. The molecule has 0 bridgehead atoms. The Kier molecular flexibility index (Phi) is 8.22. The van der Waals surface area contributed by atoms with E-state index in [4.69, 9.17) is 0 Å². The van der Waals surface area contributed by atoms with Crippen LogP contribution in [-0.4, -0.2) is 30.9 Å². The second-order valence-electron chi connectivity index (χ2n) is 7.35. The van der Waals surface area contributed by atoms with Crippen LogP contribution in [0.15, 0.2) is 18.2 Å². The zero-order chi connectivity index (χ0) is 20.5. The number of benzene rings is 1. The average Bonchev–Trinajstić information content (AvgIpc) is 2.68. The zero-order valence-corrected chi connectivity index (χ0v) is 16.4. The minimum atomic E-state index is -0.550. The van der Waals surface area contributed by atoms with Crippen LogP contribution < -0.4 is 21.3 Å². The van der Waals surface area contributed by atoms with Crippen molar-refractivity contribution in [2.45, 2.75) is 46.0 Å². The standard InChI is InChI=1S/C20H29FN4O3/c1-13(2)18(26)22-10-11-23-20(28)24-15-8-9-16(21)17(12-15)25-19(27)14-6-4-3-5-7-14/h8-9,12-14H,3-7,10-11H2,1-2H3,(H,22,26)(H,25,27)(H2,23,24,28). The van der Waals surface area contributed by atoms with Crippen LogP contribution in [0.1, 0.15) is 46.0 Å². The van der Waals surface area contributed by atoms with Crippen LogP contribution in [0, 0.1) is 17.7 Å². The highest BCUT2D eigenvalue weighted by Gasteiger charge is 2.22. The third-order valence-corrected chi connectivity index (χ3v) is 4.69. The van der Waals surface area contributed by atoms with Gasteiger partial charge in [0.2, 0.25) is 11.8 Å². The molecule has 1 fully saturated rings. The van der Waals surface area contributed by atoms with Crippen LogP contribution in [0.5, 0.6) is 0 Å². The highest BCUT2D eigenvalue weighted by molar-refractivity contribution is 5.94. The summed E-state index contributed by atoms with van der Waals surface area (Å²) in [7, 11) is 0. The summed E-state index contributed by atoms with van der Waals surface area (Å²) < 4.78 is 14.0. The number of hydrogen-bond donors (Lipinski definition) is 4. The maximum atomic E-state index is 14.0. The van der Waals surface area contributed by atoms with Crippen molar-refractivity contribution in [2.24, 2.45) is 11.8 Å². The normalized spacial score (nSPS) is 14.4. The van der Waals surface area contributed by atoms with Gasteiger partial charge in [0.25, 0.3) is 0 Å². The van der Waals surface area contributed by atoms with Gasteiger partial charge >= 0.3 is 6.03 Å². The van der Waals surface area contributed by atoms with Gasteiger partial charge in [-0.25, -0.2) is 9.18 Å². The van der Waals surface area contributed by atoms with Crippen LogP contribution in [0.3, 0.4) is 0 Å². The molecule has 1 aromatic carbocycles. The third-order valence-electron chi connectivity index (χ3n) is 4.69. The first kappa shape index (κ1) is 21.7. The summed E-state index contributed by atoms with van der Waals surface area (Å²) in [5.74, 6) is -1.02. The Balaban J connectivity index is 1.83. The predicted molar refractivity (Wildman–Crippen MR) is 106 cm³/mol. The van der Waals surface area contributed by atoms with Gasteiger partial charge in [-0.1, -0.05) is 33.1 Å². The Morgan fingerprint density at radius 3 is 2.39 bits per heavy atom. The zero-order valence-electron chi connectivity index (χ0n) is 16.4. The molecule has 7 nitrogen and oxygen atoms in total. The maximum absolute atomic E-state index is 14.0. The van der Waals surface area contributed by atoms with E-state index in [2.05, 4.69) is 21.3 Å². The molecule has 1 aromatic rings. The van der Waals surface area contributed by atoms with Gasteiger partial charge in [-0.15, -0.1) is 0 Å². The summed E-state index contributed by atoms with van der Waals surface area (Å²) in [5.41, 5.74) is 0.418. The van der Waals surface area contributed by atoms with Gasteiger partial charge in [0.05, 0.1) is 5.69 Å². The Bertz CT molecular complexity index is 703. The van der Waals surface area contributed by atoms with Gasteiger partial charge in [0.15, 0.2) is 0 Å². The monoisotopic (exact) mass is 392 g/mol. The van der Waals surface area contributed by atoms with Gasteiger partial charge < -0.3 is 21.3 Å². The minimum Gasteiger partial charge on any atom is -0.354 e. The van der Waals surface area contributed by atoms with E-state index in [-0.39, 0.29) is 35.9 Å². The molecular formula is C20H29FN4O3.